The third-order valence-electron chi connectivity index (χ3n) is 10.7. The van der Waals surface area contributed by atoms with Crippen molar-refractivity contribution in [1.82, 2.24) is 9.80 Å². The summed E-state index contributed by atoms with van der Waals surface area (Å²) in [7, 11) is 1.69. The average Bonchev–Trinajstić information content (AvgIpc) is 3.35. The van der Waals surface area contributed by atoms with E-state index in [0.717, 1.165) is 30.6 Å². The quantitative estimate of drug-likeness (QED) is 0.336. The zero-order chi connectivity index (χ0) is 32.4. The van der Waals surface area contributed by atoms with E-state index in [4.69, 9.17) is 4.74 Å². The van der Waals surface area contributed by atoms with Gasteiger partial charge in [0.05, 0.1) is 17.1 Å². The highest BCUT2D eigenvalue weighted by molar-refractivity contribution is 5.92. The Kier molecular flexibility index (Phi) is 7.36. The first kappa shape index (κ1) is 30.6. The van der Waals surface area contributed by atoms with Gasteiger partial charge in [-0.25, -0.2) is 0 Å². The normalized spacial score (nSPS) is 29.7. The first-order valence-electron chi connectivity index (χ1n) is 15.7. The molecule has 0 unspecified atom stereocenters. The second-order valence-electron chi connectivity index (χ2n) is 13.2. The summed E-state index contributed by atoms with van der Waals surface area (Å²) in [5, 5.41) is 23.9. The Morgan fingerprint density at radius 3 is 2.70 bits per heavy atom. The van der Waals surface area contributed by atoms with Crippen molar-refractivity contribution < 1.29 is 37.7 Å². The van der Waals surface area contributed by atoms with Crippen molar-refractivity contribution in [3.8, 4) is 17.2 Å². The molecule has 3 aromatic carbocycles. The Bertz CT molecular complexity index is 1680. The Morgan fingerprint density at radius 1 is 1.15 bits per heavy atom. The summed E-state index contributed by atoms with van der Waals surface area (Å²) < 4.78 is 48.8. The highest BCUT2D eigenvalue weighted by Gasteiger charge is 2.74. The van der Waals surface area contributed by atoms with Crippen molar-refractivity contribution in [2.45, 2.75) is 68.2 Å². The lowest BCUT2D eigenvalue weighted by Gasteiger charge is -2.66. The summed E-state index contributed by atoms with van der Waals surface area (Å²) in [4.78, 5) is 17.7. The minimum atomic E-state index is -4.82. The number of aromatic hydroxyl groups is 1. The molecule has 7 nitrogen and oxygen atoms in total. The smallest absolute Gasteiger partial charge is 0.504 e. The summed E-state index contributed by atoms with van der Waals surface area (Å²) in [6.07, 6.45) is -0.0850. The van der Waals surface area contributed by atoms with E-state index in [1.54, 1.807) is 24.1 Å². The number of likely N-dealkylation sites (tertiary alicyclic amines) is 1. The number of rotatable bonds is 7. The van der Waals surface area contributed by atoms with Crippen LogP contribution in [-0.4, -0.2) is 76.2 Å². The fourth-order valence-electron chi connectivity index (χ4n) is 8.90. The molecular formula is C36H37F3N2O5. The van der Waals surface area contributed by atoms with E-state index in [1.807, 2.05) is 31.2 Å². The third-order valence-corrected chi connectivity index (χ3v) is 10.7. The number of alkyl halides is 3. The van der Waals surface area contributed by atoms with Crippen LogP contribution in [0.2, 0.25) is 0 Å². The van der Waals surface area contributed by atoms with E-state index in [0.29, 0.717) is 30.6 Å². The molecule has 2 aliphatic heterocycles. The summed E-state index contributed by atoms with van der Waals surface area (Å²) in [6, 6.07) is 18.7. The second kappa shape index (κ2) is 11.1. The van der Waals surface area contributed by atoms with Crippen molar-refractivity contribution in [2.75, 3.05) is 20.1 Å². The molecule has 0 aromatic heterocycles. The molecule has 4 aliphatic rings. The fraction of sp³-hybridized carbons (Fsp3) is 0.417. The Hall–Kier alpha value is -4.02. The maximum Gasteiger partial charge on any atom is 0.573 e. The second-order valence-corrected chi connectivity index (χ2v) is 13.2. The number of carbonyl (C=O) groups is 1. The molecule has 7 rings (SSSR count). The Labute approximate surface area is 265 Å². The molecule has 2 bridgehead atoms. The van der Waals surface area contributed by atoms with Gasteiger partial charge < -0.3 is 24.6 Å². The largest absolute Gasteiger partial charge is 0.573 e. The minimum absolute atomic E-state index is 0.0241. The monoisotopic (exact) mass is 634 g/mol. The zero-order valence-electron chi connectivity index (χ0n) is 25.7. The number of hydrogen-bond acceptors (Lipinski definition) is 6. The lowest BCUT2D eigenvalue weighted by Crippen LogP contribution is -2.79. The molecule has 1 saturated carbocycles. The zero-order valence-corrected chi connectivity index (χ0v) is 25.7. The average molecular weight is 635 g/mol. The molecule has 2 aliphatic carbocycles. The fourth-order valence-corrected chi connectivity index (χ4v) is 8.90. The molecule has 46 heavy (non-hydrogen) atoms. The number of piperidine rings is 1. The van der Waals surface area contributed by atoms with Crippen LogP contribution in [0.3, 0.4) is 0 Å². The standard InChI is InChI=1S/C36H37F3N2O5/c1-22-21-35(44)28-20-25-12-13-27(42)32-30(25)34(35,16-18-41(28)17-15-23-7-4-3-5-8-23)33(45-32)31(22)40(2)29(43)14-11-24-9-6-10-26(19-24)46-36(37,38)39/h3-14,19,22,28,31,33,42,44H,15-18,20-21H2,1-2H3/t22-,28+,31-,33-,34-,35+/m0/s1. The molecule has 2 heterocycles. The van der Waals surface area contributed by atoms with Crippen molar-refractivity contribution in [2.24, 2.45) is 5.92 Å². The summed E-state index contributed by atoms with van der Waals surface area (Å²) in [6.45, 7) is 3.56. The molecule has 2 fully saturated rings. The Balaban J connectivity index is 1.19. The summed E-state index contributed by atoms with van der Waals surface area (Å²) in [5.41, 5.74) is 1.58. The molecular weight excluding hydrogens is 597 g/mol. The lowest BCUT2D eigenvalue weighted by molar-refractivity contribution is -0.274. The van der Waals surface area contributed by atoms with Gasteiger partial charge in [0, 0.05) is 31.3 Å². The summed E-state index contributed by atoms with van der Waals surface area (Å²) in [5.74, 6) is -0.462. The van der Waals surface area contributed by atoms with Crippen LogP contribution in [0, 0.1) is 5.92 Å². The maximum absolute atomic E-state index is 13.6. The predicted molar refractivity (Wildman–Crippen MR) is 165 cm³/mol. The lowest BCUT2D eigenvalue weighted by atomic mass is 9.46. The number of halogens is 3. The van der Waals surface area contributed by atoms with Crippen LogP contribution in [0.15, 0.2) is 72.8 Å². The van der Waals surface area contributed by atoms with Crippen LogP contribution in [0.1, 0.15) is 42.0 Å². The number of phenolic OH excluding ortho intramolecular Hbond substituents is 1. The number of carbonyl (C=O) groups excluding carboxylic acids is 1. The molecule has 1 amide bonds. The van der Waals surface area contributed by atoms with E-state index >= 15 is 0 Å². The molecule has 1 spiro atoms. The number of phenols is 1. The number of nitrogens with zero attached hydrogens (tertiary/aromatic N) is 2. The highest BCUT2D eigenvalue weighted by Crippen LogP contribution is 2.66. The molecule has 1 saturated heterocycles. The molecule has 10 heteroatoms. The van der Waals surface area contributed by atoms with Gasteiger partial charge in [0.15, 0.2) is 11.5 Å². The molecule has 2 N–H and O–H groups in total. The number of aliphatic hydroxyl groups is 1. The molecule has 6 atom stereocenters. The number of likely N-dealkylation sites (N-methyl/N-ethyl adjacent to an activating group) is 1. The van der Waals surface area contributed by atoms with E-state index < -0.39 is 29.5 Å². The van der Waals surface area contributed by atoms with Crippen LogP contribution in [0.25, 0.3) is 6.08 Å². The highest BCUT2D eigenvalue weighted by atomic mass is 19.4. The van der Waals surface area contributed by atoms with Gasteiger partial charge in [-0.3, -0.25) is 9.69 Å². The van der Waals surface area contributed by atoms with E-state index in [-0.39, 0.29) is 29.4 Å². The van der Waals surface area contributed by atoms with Crippen LogP contribution >= 0.6 is 0 Å². The van der Waals surface area contributed by atoms with Crippen molar-refractivity contribution in [3.05, 3.63) is 95.1 Å². The van der Waals surface area contributed by atoms with Crippen molar-refractivity contribution >= 4 is 12.0 Å². The third kappa shape index (κ3) is 4.84. The van der Waals surface area contributed by atoms with Gasteiger partial charge in [0.25, 0.3) is 0 Å². The van der Waals surface area contributed by atoms with Gasteiger partial charge in [-0.1, -0.05) is 55.5 Å². The van der Waals surface area contributed by atoms with Gasteiger partial charge in [-0.05, 0) is 79.1 Å². The molecule has 0 radical (unpaired) electrons. The molecule has 3 aromatic rings. The van der Waals surface area contributed by atoms with Gasteiger partial charge in [0.1, 0.15) is 11.9 Å². The van der Waals surface area contributed by atoms with Crippen molar-refractivity contribution in [1.29, 1.82) is 0 Å². The summed E-state index contributed by atoms with van der Waals surface area (Å²) >= 11 is 0. The minimum Gasteiger partial charge on any atom is -0.504 e. The predicted octanol–water partition coefficient (Wildman–Crippen LogP) is 5.47. The Morgan fingerprint density at radius 2 is 1.93 bits per heavy atom. The van der Waals surface area contributed by atoms with E-state index in [1.165, 1.54) is 35.9 Å². The van der Waals surface area contributed by atoms with Crippen LogP contribution in [0.4, 0.5) is 13.2 Å². The number of ether oxygens (including phenoxy) is 2. The first-order valence-corrected chi connectivity index (χ1v) is 15.7. The first-order chi connectivity index (χ1) is 21.9. The van der Waals surface area contributed by atoms with Crippen molar-refractivity contribution in [3.63, 3.8) is 0 Å². The van der Waals surface area contributed by atoms with E-state index in [2.05, 4.69) is 21.8 Å². The van der Waals surface area contributed by atoms with Crippen LogP contribution < -0.4 is 9.47 Å². The number of benzene rings is 3. The maximum atomic E-state index is 13.6. The number of hydrogen-bond donors (Lipinski definition) is 2. The SMILES string of the molecule is C[C@H]1C[C@@]2(O)[C@H]3Cc4ccc(O)c5c4[C@@]2(CCN3CCc2ccccc2)[C@@H](O5)[C@H]1N(C)C(=O)C=Cc1cccc(OC(F)(F)F)c1. The molecule has 242 valence electrons. The van der Waals surface area contributed by atoms with Gasteiger partial charge >= 0.3 is 6.36 Å². The van der Waals surface area contributed by atoms with Crippen LogP contribution in [0.5, 0.6) is 17.2 Å². The topological polar surface area (TPSA) is 82.5 Å². The van der Waals surface area contributed by atoms with Gasteiger partial charge in [0.2, 0.25) is 5.91 Å². The number of amides is 1. The van der Waals surface area contributed by atoms with Crippen LogP contribution in [-0.2, 0) is 23.1 Å². The van der Waals surface area contributed by atoms with Gasteiger partial charge in [-0.2, -0.15) is 0 Å². The van der Waals surface area contributed by atoms with E-state index in [9.17, 15) is 28.2 Å². The van der Waals surface area contributed by atoms with Gasteiger partial charge in [-0.15, -0.1) is 13.2 Å².